The minimum absolute atomic E-state index is 0.200. The molecule has 3 saturated carbocycles. The molecule has 2 aromatic carbocycles. The first-order valence-corrected chi connectivity index (χ1v) is 14.9. The van der Waals surface area contributed by atoms with Crippen molar-refractivity contribution in [3.63, 3.8) is 0 Å². The summed E-state index contributed by atoms with van der Waals surface area (Å²) in [5, 5.41) is 0. The molecular weight excluding hydrogens is 455 g/mol. The van der Waals surface area contributed by atoms with Crippen LogP contribution in [0.2, 0.25) is 0 Å². The molecule has 3 aliphatic rings. The molecule has 2 aromatic rings. The molecule has 2 atom stereocenters. The lowest BCUT2D eigenvalue weighted by Crippen LogP contribution is -2.35. The number of rotatable bonds is 8. The molecule has 200 valence electrons. The Hall–Kier alpha value is -2.16. The van der Waals surface area contributed by atoms with E-state index in [2.05, 4.69) is 39.1 Å². The topological polar surface area (TPSA) is 38.4 Å². The highest BCUT2D eigenvalue weighted by Crippen LogP contribution is 2.50. The number of hydrogen-bond donors (Lipinski definition) is 1. The fourth-order valence-corrected chi connectivity index (χ4v) is 7.25. The molecule has 0 aliphatic heterocycles. The lowest BCUT2D eigenvalue weighted by Gasteiger charge is -2.45. The van der Waals surface area contributed by atoms with E-state index in [1.54, 1.807) is 0 Å². The van der Waals surface area contributed by atoms with E-state index in [9.17, 15) is 4.39 Å². The van der Waals surface area contributed by atoms with Gasteiger partial charge in [-0.3, -0.25) is 4.99 Å². The molecule has 2 N–H and O–H groups in total. The van der Waals surface area contributed by atoms with Crippen LogP contribution in [0.5, 0.6) is 0 Å². The van der Waals surface area contributed by atoms with Gasteiger partial charge in [-0.15, -0.1) is 0 Å². The van der Waals surface area contributed by atoms with Crippen LogP contribution in [0.3, 0.4) is 0 Å². The maximum Gasteiger partial charge on any atom is 0.123 e. The Morgan fingerprint density at radius 2 is 1.68 bits per heavy atom. The Morgan fingerprint density at radius 3 is 2.35 bits per heavy atom. The molecule has 0 saturated heterocycles. The Bertz CT molecular complexity index is 1090. The van der Waals surface area contributed by atoms with Gasteiger partial charge in [-0.05, 0) is 120 Å². The highest BCUT2D eigenvalue weighted by Gasteiger charge is 2.38. The fourth-order valence-electron chi connectivity index (χ4n) is 7.25. The summed E-state index contributed by atoms with van der Waals surface area (Å²) in [4.78, 5) is 4.98. The van der Waals surface area contributed by atoms with Crippen LogP contribution >= 0.6 is 0 Å². The average Bonchev–Trinajstić information content (AvgIpc) is 3.74. The number of hydrogen-bond acceptors (Lipinski definition) is 2. The van der Waals surface area contributed by atoms with Crippen LogP contribution in [-0.4, -0.2) is 12.8 Å². The second-order valence-electron chi connectivity index (χ2n) is 13.3. The first-order valence-electron chi connectivity index (χ1n) is 14.9. The lowest BCUT2D eigenvalue weighted by molar-refractivity contribution is 0.0710. The predicted octanol–water partition coefficient (Wildman–Crippen LogP) is 9.37. The third-order valence-corrected chi connectivity index (χ3v) is 10.3. The SMILES string of the molecule is CCC1(C)CCC(C2CCCC(C)(CN=CCc3cc(C4CC4)c(-c4ccc(F)cc4)cc3N)C2)CC1. The molecule has 2 nitrogen and oxygen atoms in total. The number of anilines is 1. The second-order valence-corrected chi connectivity index (χ2v) is 13.3. The van der Waals surface area contributed by atoms with Crippen molar-refractivity contribution in [2.24, 2.45) is 27.7 Å². The lowest BCUT2D eigenvalue weighted by atomic mass is 9.61. The first kappa shape index (κ1) is 26.4. The average molecular weight is 503 g/mol. The number of nitrogens with zero attached hydrogens (tertiary/aromatic N) is 1. The number of nitrogen functional groups attached to an aromatic ring is 1. The van der Waals surface area contributed by atoms with Gasteiger partial charge in [-0.2, -0.15) is 0 Å². The van der Waals surface area contributed by atoms with Crippen LogP contribution in [0.25, 0.3) is 11.1 Å². The van der Waals surface area contributed by atoms with Crippen LogP contribution in [0, 0.1) is 28.5 Å². The minimum atomic E-state index is -0.200. The number of aliphatic imine (C=N–C) groups is 1. The maximum absolute atomic E-state index is 13.5. The standard InChI is InChI=1S/C34H47FN2/c1-4-33(2)17-13-24(14-18-33)28-6-5-16-34(3,22-28)23-37-19-15-27-20-30(25-7-8-25)31(21-32(27)36)26-9-11-29(35)12-10-26/h9-12,19-21,24-25,28H,4-8,13-18,22-23,36H2,1-3H3. The Morgan fingerprint density at radius 1 is 0.946 bits per heavy atom. The molecule has 2 unspecified atom stereocenters. The fraction of sp³-hybridized carbons (Fsp3) is 0.618. The minimum Gasteiger partial charge on any atom is -0.398 e. The summed E-state index contributed by atoms with van der Waals surface area (Å²) in [6.07, 6.45) is 17.8. The molecule has 0 bridgehead atoms. The highest BCUT2D eigenvalue weighted by molar-refractivity contribution is 5.76. The van der Waals surface area contributed by atoms with Crippen molar-refractivity contribution in [3.8, 4) is 11.1 Å². The van der Waals surface area contributed by atoms with Crippen molar-refractivity contribution >= 4 is 11.9 Å². The largest absolute Gasteiger partial charge is 0.398 e. The maximum atomic E-state index is 13.5. The van der Waals surface area contributed by atoms with E-state index in [-0.39, 0.29) is 5.82 Å². The van der Waals surface area contributed by atoms with Gasteiger partial charge in [-0.1, -0.05) is 58.2 Å². The molecule has 3 aliphatic carbocycles. The van der Waals surface area contributed by atoms with Crippen molar-refractivity contribution in [1.82, 2.24) is 0 Å². The van der Waals surface area contributed by atoms with E-state index in [1.165, 1.54) is 93.9 Å². The summed E-state index contributed by atoms with van der Waals surface area (Å²) in [6, 6.07) is 11.2. The van der Waals surface area contributed by atoms with Crippen LogP contribution in [-0.2, 0) is 6.42 Å². The van der Waals surface area contributed by atoms with E-state index >= 15 is 0 Å². The molecule has 3 fully saturated rings. The van der Waals surface area contributed by atoms with Crippen molar-refractivity contribution in [3.05, 3.63) is 53.3 Å². The summed E-state index contributed by atoms with van der Waals surface area (Å²) in [6.45, 7) is 8.29. The zero-order valence-electron chi connectivity index (χ0n) is 23.4. The van der Waals surface area contributed by atoms with Gasteiger partial charge < -0.3 is 5.73 Å². The Labute approximate surface area is 224 Å². The van der Waals surface area contributed by atoms with Crippen molar-refractivity contribution in [1.29, 1.82) is 0 Å². The molecule has 0 radical (unpaired) electrons. The molecule has 3 heteroatoms. The molecular formula is C34H47FN2. The van der Waals surface area contributed by atoms with Crippen LogP contribution in [0.1, 0.15) is 108 Å². The van der Waals surface area contributed by atoms with Gasteiger partial charge in [-0.25, -0.2) is 4.39 Å². The number of halogens is 1. The molecule has 5 rings (SSSR count). The monoisotopic (exact) mass is 502 g/mol. The zero-order valence-corrected chi connectivity index (χ0v) is 23.4. The van der Waals surface area contributed by atoms with Gasteiger partial charge in [0.05, 0.1) is 0 Å². The Balaban J connectivity index is 1.21. The Kier molecular flexibility index (Phi) is 7.80. The summed E-state index contributed by atoms with van der Waals surface area (Å²) in [5.41, 5.74) is 13.0. The number of benzene rings is 2. The van der Waals surface area contributed by atoms with Gasteiger partial charge in [0, 0.05) is 24.9 Å². The zero-order chi connectivity index (χ0) is 26.0. The summed E-state index contributed by atoms with van der Waals surface area (Å²) in [5.74, 6) is 2.23. The quantitative estimate of drug-likeness (QED) is 0.283. The summed E-state index contributed by atoms with van der Waals surface area (Å²) < 4.78 is 13.5. The molecule has 0 heterocycles. The van der Waals surface area contributed by atoms with Crippen molar-refractivity contribution in [2.45, 2.75) is 104 Å². The molecule has 0 spiro atoms. The van der Waals surface area contributed by atoms with Crippen LogP contribution in [0.15, 0.2) is 41.4 Å². The normalized spacial score (nSPS) is 30.6. The van der Waals surface area contributed by atoms with Gasteiger partial charge in [0.2, 0.25) is 0 Å². The summed E-state index contributed by atoms with van der Waals surface area (Å²) >= 11 is 0. The first-order chi connectivity index (χ1) is 17.8. The number of nitrogens with two attached hydrogens (primary N) is 1. The highest BCUT2D eigenvalue weighted by atomic mass is 19.1. The van der Waals surface area contributed by atoms with E-state index in [0.717, 1.165) is 41.6 Å². The van der Waals surface area contributed by atoms with Crippen molar-refractivity contribution in [2.75, 3.05) is 12.3 Å². The van der Waals surface area contributed by atoms with E-state index in [1.807, 2.05) is 12.1 Å². The van der Waals surface area contributed by atoms with Crippen LogP contribution < -0.4 is 5.73 Å². The predicted molar refractivity (Wildman–Crippen MR) is 156 cm³/mol. The van der Waals surface area contributed by atoms with Gasteiger partial charge >= 0.3 is 0 Å². The van der Waals surface area contributed by atoms with Crippen molar-refractivity contribution < 1.29 is 4.39 Å². The molecule has 37 heavy (non-hydrogen) atoms. The van der Waals surface area contributed by atoms with Crippen LogP contribution in [0.4, 0.5) is 10.1 Å². The summed E-state index contributed by atoms with van der Waals surface area (Å²) in [7, 11) is 0. The van der Waals surface area contributed by atoms with Gasteiger partial charge in [0.1, 0.15) is 5.82 Å². The smallest absolute Gasteiger partial charge is 0.123 e. The van der Waals surface area contributed by atoms with E-state index < -0.39 is 0 Å². The van der Waals surface area contributed by atoms with Gasteiger partial charge in [0.15, 0.2) is 0 Å². The van der Waals surface area contributed by atoms with Gasteiger partial charge in [0.25, 0.3) is 0 Å². The second kappa shape index (κ2) is 10.9. The third-order valence-electron chi connectivity index (χ3n) is 10.3. The molecule has 0 amide bonds. The molecule has 0 aromatic heterocycles. The van der Waals surface area contributed by atoms with E-state index in [0.29, 0.717) is 16.7 Å². The third kappa shape index (κ3) is 6.29. The van der Waals surface area contributed by atoms with E-state index in [4.69, 9.17) is 10.7 Å².